The molecule has 6 nitrogen and oxygen atoms in total. The zero-order chi connectivity index (χ0) is 16.7. The molecule has 2 N–H and O–H groups in total. The largest absolute Gasteiger partial charge is 1.00 e. The summed E-state index contributed by atoms with van der Waals surface area (Å²) in [6.45, 7) is 1.26. The van der Waals surface area contributed by atoms with Gasteiger partial charge in [0.05, 0.1) is 19.8 Å². The fraction of sp³-hybridized carbons (Fsp3) is 1.00. The van der Waals surface area contributed by atoms with E-state index in [0.29, 0.717) is 6.42 Å². The van der Waals surface area contributed by atoms with Gasteiger partial charge in [-0.3, -0.25) is 0 Å². The van der Waals surface area contributed by atoms with E-state index in [9.17, 15) is 8.42 Å². The van der Waals surface area contributed by atoms with Gasteiger partial charge in [-0.1, -0.05) is 64.7 Å². The van der Waals surface area contributed by atoms with Crippen molar-refractivity contribution in [3.63, 3.8) is 0 Å². The van der Waals surface area contributed by atoms with E-state index in [4.69, 9.17) is 10.2 Å². The molecule has 0 aliphatic heterocycles. The van der Waals surface area contributed by atoms with Gasteiger partial charge in [-0.05, 0) is 6.42 Å². The zero-order valence-corrected chi connectivity index (χ0v) is 17.5. The molecular formula is C15H33NaO6S. The Morgan fingerprint density at radius 2 is 1.39 bits per heavy atom. The fourth-order valence-corrected chi connectivity index (χ4v) is 2.71. The monoisotopic (exact) mass is 364 g/mol. The Hall–Kier alpha value is 0.790. The van der Waals surface area contributed by atoms with E-state index >= 15 is 0 Å². The Labute approximate surface area is 165 Å². The first-order chi connectivity index (χ1) is 10.5. The van der Waals surface area contributed by atoms with Crippen molar-refractivity contribution in [3.8, 4) is 0 Å². The van der Waals surface area contributed by atoms with Crippen LogP contribution in [-0.4, -0.2) is 44.6 Å². The SMILES string of the molecule is CCCCCCCCCCCCOS(=O)(=O)OCC(O)CO.[H-].[Na+]. The summed E-state index contributed by atoms with van der Waals surface area (Å²) in [6, 6.07) is 0. The molecule has 0 aromatic heterocycles. The Morgan fingerprint density at radius 1 is 0.913 bits per heavy atom. The van der Waals surface area contributed by atoms with Crippen LogP contribution >= 0.6 is 0 Å². The maximum absolute atomic E-state index is 11.3. The molecule has 0 heterocycles. The van der Waals surface area contributed by atoms with Crippen molar-refractivity contribution in [2.45, 2.75) is 77.2 Å². The zero-order valence-electron chi connectivity index (χ0n) is 15.7. The summed E-state index contributed by atoms with van der Waals surface area (Å²) < 4.78 is 31.6. The molecule has 8 heteroatoms. The maximum Gasteiger partial charge on any atom is 1.00 e. The summed E-state index contributed by atoms with van der Waals surface area (Å²) >= 11 is 0. The molecule has 0 aromatic carbocycles. The van der Waals surface area contributed by atoms with Gasteiger partial charge in [-0.2, -0.15) is 8.42 Å². The van der Waals surface area contributed by atoms with Gasteiger partial charge >= 0.3 is 40.0 Å². The van der Waals surface area contributed by atoms with E-state index in [0.717, 1.165) is 12.8 Å². The summed E-state index contributed by atoms with van der Waals surface area (Å²) in [5, 5.41) is 17.5. The van der Waals surface area contributed by atoms with Gasteiger partial charge in [0.1, 0.15) is 6.10 Å². The van der Waals surface area contributed by atoms with Crippen LogP contribution in [-0.2, 0) is 18.8 Å². The first-order valence-electron chi connectivity index (χ1n) is 8.34. The number of aliphatic hydroxyl groups excluding tert-OH is 2. The molecule has 0 amide bonds. The molecular weight excluding hydrogens is 331 g/mol. The minimum atomic E-state index is -4.07. The van der Waals surface area contributed by atoms with Gasteiger partial charge in [-0.25, -0.2) is 8.37 Å². The molecule has 0 bridgehead atoms. The predicted octanol–water partition coefficient (Wildman–Crippen LogP) is -0.345. The molecule has 0 aromatic rings. The van der Waals surface area contributed by atoms with Crippen LogP contribution in [0.25, 0.3) is 0 Å². The normalized spacial score (nSPS) is 12.8. The summed E-state index contributed by atoms with van der Waals surface area (Å²) in [5.41, 5.74) is 0. The van der Waals surface area contributed by atoms with E-state index in [-0.39, 0.29) is 37.6 Å². The molecule has 0 aliphatic carbocycles. The standard InChI is InChI=1S/C15H32O6S.Na.H/c1-2-3-4-5-6-7-8-9-10-11-12-20-22(18,19)21-14-15(17)13-16;;/h15-17H,2-14H2,1H3;;/q;+1;-1. The molecule has 0 spiro atoms. The van der Waals surface area contributed by atoms with Crippen LogP contribution in [0.1, 0.15) is 72.6 Å². The Kier molecular flexibility index (Phi) is 19.9. The third kappa shape index (κ3) is 19.0. The quantitative estimate of drug-likeness (QED) is 0.287. The summed E-state index contributed by atoms with van der Waals surface area (Å²) in [7, 11) is -4.07. The minimum Gasteiger partial charge on any atom is -1.00 e. The number of unbranched alkanes of at least 4 members (excludes halogenated alkanes) is 9. The van der Waals surface area contributed by atoms with Crippen molar-refractivity contribution in [2.75, 3.05) is 19.8 Å². The fourth-order valence-electron chi connectivity index (χ4n) is 2.00. The third-order valence-electron chi connectivity index (χ3n) is 3.34. The van der Waals surface area contributed by atoms with Crippen LogP contribution in [0.5, 0.6) is 0 Å². The van der Waals surface area contributed by atoms with Crippen molar-refractivity contribution in [2.24, 2.45) is 0 Å². The van der Waals surface area contributed by atoms with Gasteiger partial charge in [-0.15, -0.1) is 0 Å². The second-order valence-electron chi connectivity index (χ2n) is 5.53. The predicted molar refractivity (Wildman–Crippen MR) is 86.9 cm³/mol. The smallest absolute Gasteiger partial charge is 1.00 e. The molecule has 23 heavy (non-hydrogen) atoms. The first-order valence-corrected chi connectivity index (χ1v) is 9.68. The van der Waals surface area contributed by atoms with Crippen molar-refractivity contribution in [3.05, 3.63) is 0 Å². The Morgan fingerprint density at radius 3 is 1.87 bits per heavy atom. The number of hydrogen-bond acceptors (Lipinski definition) is 6. The second-order valence-corrected chi connectivity index (χ2v) is 6.82. The molecule has 136 valence electrons. The second kappa shape index (κ2) is 17.6. The topological polar surface area (TPSA) is 93.1 Å². The summed E-state index contributed by atoms with van der Waals surface area (Å²) in [6.07, 6.45) is 10.4. The van der Waals surface area contributed by atoms with Crippen LogP contribution in [0.3, 0.4) is 0 Å². The molecule has 0 fully saturated rings. The van der Waals surface area contributed by atoms with Gasteiger partial charge in [0.25, 0.3) is 0 Å². The first kappa shape index (κ1) is 26.0. The van der Waals surface area contributed by atoms with Gasteiger partial charge in [0.15, 0.2) is 0 Å². The Balaban J connectivity index is -0.00000220. The van der Waals surface area contributed by atoms with Crippen LogP contribution in [0.2, 0.25) is 0 Å². The van der Waals surface area contributed by atoms with E-state index in [1.54, 1.807) is 0 Å². The van der Waals surface area contributed by atoms with Crippen molar-refractivity contribution in [1.29, 1.82) is 0 Å². The van der Waals surface area contributed by atoms with Gasteiger partial charge < -0.3 is 11.6 Å². The average Bonchev–Trinajstić information content (AvgIpc) is 2.50. The number of rotatable bonds is 16. The van der Waals surface area contributed by atoms with Crippen molar-refractivity contribution >= 4 is 10.4 Å². The van der Waals surface area contributed by atoms with Crippen LogP contribution < -0.4 is 29.6 Å². The Bertz CT molecular complexity index is 343. The molecule has 0 rings (SSSR count). The van der Waals surface area contributed by atoms with E-state index in [1.807, 2.05) is 0 Å². The molecule has 1 atom stereocenters. The molecule has 1 unspecified atom stereocenters. The van der Waals surface area contributed by atoms with Gasteiger partial charge in [0.2, 0.25) is 0 Å². The molecule has 0 aliphatic rings. The maximum atomic E-state index is 11.3. The van der Waals surface area contributed by atoms with Crippen LogP contribution in [0.4, 0.5) is 0 Å². The number of aliphatic hydroxyl groups is 2. The average molecular weight is 364 g/mol. The third-order valence-corrected chi connectivity index (χ3v) is 4.22. The van der Waals surface area contributed by atoms with Crippen molar-refractivity contribution < 1.29 is 58.0 Å². The van der Waals surface area contributed by atoms with Crippen LogP contribution in [0.15, 0.2) is 0 Å². The van der Waals surface area contributed by atoms with E-state index < -0.39 is 29.7 Å². The number of hydrogen-bond donors (Lipinski definition) is 2. The van der Waals surface area contributed by atoms with Crippen molar-refractivity contribution in [1.82, 2.24) is 0 Å². The summed E-state index contributed by atoms with van der Waals surface area (Å²) in [5.74, 6) is 0. The molecule has 0 saturated carbocycles. The molecule has 0 saturated heterocycles. The van der Waals surface area contributed by atoms with Gasteiger partial charge in [0, 0.05) is 0 Å². The van der Waals surface area contributed by atoms with E-state index in [2.05, 4.69) is 15.3 Å². The molecule has 0 radical (unpaired) electrons. The summed E-state index contributed by atoms with van der Waals surface area (Å²) in [4.78, 5) is 0. The van der Waals surface area contributed by atoms with Crippen LogP contribution in [0, 0.1) is 0 Å². The van der Waals surface area contributed by atoms with E-state index in [1.165, 1.54) is 44.9 Å². The minimum absolute atomic E-state index is 0.